The fourth-order valence-electron chi connectivity index (χ4n) is 7.43. The van der Waals surface area contributed by atoms with E-state index in [4.69, 9.17) is 22.3 Å². The lowest BCUT2D eigenvalue weighted by molar-refractivity contribution is -0.0415. The first-order valence-electron chi connectivity index (χ1n) is 12.9. The van der Waals surface area contributed by atoms with Crippen LogP contribution in [0.25, 0.3) is 22.4 Å². The standard InChI is InChI=1S/C27H31ClN6O/c1-27(29)5-6-33(14-27)24-19(25-31-22-4-2-3-21(28)23(22)32-25)12-30-13-20(24)26(35)34-17-8-15-7-16(10-17)11-18(34)9-15/h2-4,12-13,15-18H,5-11,14,29H2,1H3,(H,31,32)/t15?,16?,17?,18?,27-/m0/s1. The summed E-state index contributed by atoms with van der Waals surface area (Å²) in [6.45, 7) is 3.56. The monoisotopic (exact) mass is 490 g/mol. The molecule has 4 bridgehead atoms. The average molecular weight is 491 g/mol. The van der Waals surface area contributed by atoms with Crippen molar-refractivity contribution in [3.8, 4) is 11.4 Å². The van der Waals surface area contributed by atoms with E-state index in [-0.39, 0.29) is 11.4 Å². The Bertz CT molecular complexity index is 1300. The van der Waals surface area contributed by atoms with Crippen LogP contribution in [0.5, 0.6) is 0 Å². The van der Waals surface area contributed by atoms with Crippen LogP contribution in [0.1, 0.15) is 55.8 Å². The van der Waals surface area contributed by atoms with E-state index in [0.29, 0.717) is 35.0 Å². The summed E-state index contributed by atoms with van der Waals surface area (Å²) in [5.74, 6) is 2.38. The van der Waals surface area contributed by atoms with Crippen molar-refractivity contribution in [1.29, 1.82) is 0 Å². The molecule has 0 unspecified atom stereocenters. The second-order valence-electron chi connectivity index (χ2n) is 11.6. The fraction of sp³-hybridized carbons (Fsp3) is 0.519. The van der Waals surface area contributed by atoms with E-state index in [9.17, 15) is 4.79 Å². The van der Waals surface area contributed by atoms with Gasteiger partial charge in [0.25, 0.3) is 5.91 Å². The molecule has 7 nitrogen and oxygen atoms in total. The first kappa shape index (κ1) is 21.6. The SMILES string of the molecule is C[C@]1(N)CCN(c2c(C(=O)N3C4CC5CC(C4)CC3C5)cncc2-c2nc3c(Cl)cccc3[nH]2)C1. The molecular weight excluding hydrogens is 460 g/mol. The van der Waals surface area contributed by atoms with Crippen molar-refractivity contribution in [2.45, 2.75) is 63.1 Å². The number of para-hydroxylation sites is 1. The maximum atomic E-state index is 14.3. The molecule has 3 saturated heterocycles. The predicted octanol–water partition coefficient (Wildman–Crippen LogP) is 4.61. The minimum atomic E-state index is -0.305. The van der Waals surface area contributed by atoms with Crippen molar-refractivity contribution in [1.82, 2.24) is 19.9 Å². The van der Waals surface area contributed by atoms with E-state index in [0.717, 1.165) is 72.8 Å². The number of aromatic nitrogens is 3. The maximum Gasteiger partial charge on any atom is 0.258 e. The van der Waals surface area contributed by atoms with E-state index in [1.165, 1.54) is 6.42 Å². The molecule has 5 fully saturated rings. The quantitative estimate of drug-likeness (QED) is 0.559. The Kier molecular flexibility index (Phi) is 4.74. The summed E-state index contributed by atoms with van der Waals surface area (Å²) in [6.07, 6.45) is 10.4. The van der Waals surface area contributed by atoms with Crippen LogP contribution in [0.2, 0.25) is 5.02 Å². The number of hydrogen-bond acceptors (Lipinski definition) is 5. The third kappa shape index (κ3) is 3.46. The minimum absolute atomic E-state index is 0.114. The van der Waals surface area contributed by atoms with E-state index in [1.807, 2.05) is 24.4 Å². The largest absolute Gasteiger partial charge is 0.368 e. The zero-order valence-corrected chi connectivity index (χ0v) is 20.8. The van der Waals surface area contributed by atoms with Gasteiger partial charge in [0, 0.05) is 43.1 Å². The van der Waals surface area contributed by atoms with Crippen LogP contribution in [-0.4, -0.2) is 56.5 Å². The van der Waals surface area contributed by atoms with Crippen LogP contribution in [0.3, 0.4) is 0 Å². The van der Waals surface area contributed by atoms with Gasteiger partial charge >= 0.3 is 0 Å². The van der Waals surface area contributed by atoms with Crippen LogP contribution in [0.15, 0.2) is 30.6 Å². The molecule has 5 aliphatic rings. The number of aromatic amines is 1. The van der Waals surface area contributed by atoms with E-state index in [2.05, 4.69) is 26.7 Å². The normalized spacial score (nSPS) is 31.6. The Morgan fingerprint density at radius 2 is 1.89 bits per heavy atom. The molecule has 3 aromatic rings. The summed E-state index contributed by atoms with van der Waals surface area (Å²) in [6, 6.07) is 6.43. The summed E-state index contributed by atoms with van der Waals surface area (Å²) >= 11 is 6.43. The van der Waals surface area contributed by atoms with E-state index >= 15 is 0 Å². The Balaban J connectivity index is 1.35. The second-order valence-corrected chi connectivity index (χ2v) is 12.0. The Hall–Kier alpha value is -2.64. The Morgan fingerprint density at radius 3 is 2.54 bits per heavy atom. The summed E-state index contributed by atoms with van der Waals surface area (Å²) in [5.41, 5.74) is 10.2. The van der Waals surface area contributed by atoms with Gasteiger partial charge in [0.2, 0.25) is 0 Å². The molecule has 3 aliphatic heterocycles. The van der Waals surface area contributed by atoms with Gasteiger partial charge in [-0.3, -0.25) is 9.78 Å². The van der Waals surface area contributed by atoms with Crippen LogP contribution in [0.4, 0.5) is 5.69 Å². The number of H-pyrrole nitrogens is 1. The van der Waals surface area contributed by atoms with E-state index < -0.39 is 0 Å². The fourth-order valence-corrected chi connectivity index (χ4v) is 7.64. The zero-order chi connectivity index (χ0) is 23.9. The Morgan fingerprint density at radius 1 is 1.14 bits per heavy atom. The van der Waals surface area contributed by atoms with E-state index in [1.54, 1.807) is 6.20 Å². The third-order valence-corrected chi connectivity index (χ3v) is 9.10. The van der Waals surface area contributed by atoms with Crippen molar-refractivity contribution >= 4 is 34.2 Å². The molecule has 1 amide bonds. The predicted molar refractivity (Wildman–Crippen MR) is 138 cm³/mol. The van der Waals surface area contributed by atoms with Gasteiger partial charge in [0.1, 0.15) is 11.3 Å². The van der Waals surface area contributed by atoms with Crippen LogP contribution >= 0.6 is 11.6 Å². The van der Waals surface area contributed by atoms with Gasteiger partial charge in [0.15, 0.2) is 0 Å². The molecule has 1 aromatic carbocycles. The van der Waals surface area contributed by atoms with Crippen LogP contribution < -0.4 is 10.6 Å². The molecule has 8 heteroatoms. The van der Waals surface area contributed by atoms with Gasteiger partial charge in [-0.05, 0) is 69.4 Å². The lowest BCUT2D eigenvalue weighted by Crippen LogP contribution is -2.60. The third-order valence-electron chi connectivity index (χ3n) is 8.80. The van der Waals surface area contributed by atoms with Gasteiger partial charge in [0.05, 0.1) is 27.4 Å². The van der Waals surface area contributed by atoms with Crippen LogP contribution in [0, 0.1) is 11.8 Å². The second kappa shape index (κ2) is 7.68. The van der Waals surface area contributed by atoms with Gasteiger partial charge in [-0.15, -0.1) is 0 Å². The van der Waals surface area contributed by atoms with Gasteiger partial charge < -0.3 is 20.5 Å². The number of piperidine rings is 2. The molecule has 2 aliphatic carbocycles. The van der Waals surface area contributed by atoms with Crippen LogP contribution in [-0.2, 0) is 0 Å². The number of hydrogen-bond donors (Lipinski definition) is 2. The summed E-state index contributed by atoms with van der Waals surface area (Å²) in [4.78, 5) is 31.5. The lowest BCUT2D eigenvalue weighted by Gasteiger charge is -2.56. The first-order chi connectivity index (χ1) is 16.9. The number of nitrogens with two attached hydrogens (primary N) is 1. The number of carbonyl (C=O) groups is 1. The molecule has 0 radical (unpaired) electrons. The maximum absolute atomic E-state index is 14.3. The number of nitrogens with one attached hydrogen (secondary N) is 1. The number of amides is 1. The van der Waals surface area contributed by atoms with Gasteiger partial charge in [-0.25, -0.2) is 4.98 Å². The Labute approximate surface area is 210 Å². The summed E-state index contributed by atoms with van der Waals surface area (Å²) in [7, 11) is 0. The minimum Gasteiger partial charge on any atom is -0.368 e. The number of nitrogens with zero attached hydrogens (tertiary/aromatic N) is 4. The molecule has 35 heavy (non-hydrogen) atoms. The zero-order valence-electron chi connectivity index (χ0n) is 20.0. The first-order valence-corrected chi connectivity index (χ1v) is 13.2. The summed E-state index contributed by atoms with van der Waals surface area (Å²) < 4.78 is 0. The highest BCUT2D eigenvalue weighted by atomic mass is 35.5. The molecule has 2 aromatic heterocycles. The molecule has 0 spiro atoms. The smallest absolute Gasteiger partial charge is 0.258 e. The van der Waals surface area contributed by atoms with Crippen molar-refractivity contribution in [3.63, 3.8) is 0 Å². The number of halogens is 1. The molecule has 182 valence electrons. The number of carbonyl (C=O) groups excluding carboxylic acids is 1. The highest BCUT2D eigenvalue weighted by Gasteiger charge is 2.49. The molecule has 3 N–H and O–H groups in total. The number of imidazole rings is 1. The number of rotatable bonds is 3. The van der Waals surface area contributed by atoms with Crippen molar-refractivity contribution in [2.24, 2.45) is 17.6 Å². The lowest BCUT2D eigenvalue weighted by atomic mass is 9.63. The van der Waals surface area contributed by atoms with Gasteiger partial charge in [-0.2, -0.15) is 0 Å². The molecule has 1 atom stereocenters. The molecule has 8 rings (SSSR count). The van der Waals surface area contributed by atoms with Crippen molar-refractivity contribution in [2.75, 3.05) is 18.0 Å². The molecular formula is C27H31ClN6O. The topological polar surface area (TPSA) is 91.1 Å². The number of pyridine rings is 1. The molecule has 2 saturated carbocycles. The highest BCUT2D eigenvalue weighted by Crippen LogP contribution is 2.50. The van der Waals surface area contributed by atoms with Crippen molar-refractivity contribution < 1.29 is 4.79 Å². The summed E-state index contributed by atoms with van der Waals surface area (Å²) in [5, 5.41) is 0.599. The number of anilines is 1. The number of fused-ring (bicyclic) bond motifs is 1. The van der Waals surface area contributed by atoms with Crippen molar-refractivity contribution in [3.05, 3.63) is 41.2 Å². The average Bonchev–Trinajstić information content (AvgIpc) is 3.41. The molecule has 5 heterocycles. The number of benzene rings is 1. The van der Waals surface area contributed by atoms with Gasteiger partial charge in [-0.1, -0.05) is 17.7 Å². The highest BCUT2D eigenvalue weighted by molar-refractivity contribution is 6.35.